The minimum absolute atomic E-state index is 0.609. The molecule has 0 aliphatic rings. The zero-order chi connectivity index (χ0) is 12.6. The number of hydrogen-bond acceptors (Lipinski definition) is 3. The van der Waals surface area contributed by atoms with Crippen LogP contribution in [0.1, 0.15) is 11.1 Å². The summed E-state index contributed by atoms with van der Waals surface area (Å²) in [6, 6.07) is 4.28. The van der Waals surface area contributed by atoms with E-state index in [1.807, 2.05) is 14.1 Å². The number of anilines is 2. The molecule has 4 nitrogen and oxygen atoms in total. The SMILES string of the molecule is Cc1cc(-c2cn[nH]c2N)cc(N(C)C)c1C. The highest BCUT2D eigenvalue weighted by Gasteiger charge is 2.10. The van der Waals surface area contributed by atoms with E-state index in [1.165, 1.54) is 16.8 Å². The van der Waals surface area contributed by atoms with Gasteiger partial charge in [-0.05, 0) is 36.6 Å². The van der Waals surface area contributed by atoms with Crippen LogP contribution < -0.4 is 10.6 Å². The van der Waals surface area contributed by atoms with Crippen molar-refractivity contribution < 1.29 is 0 Å². The predicted octanol–water partition coefficient (Wildman–Crippen LogP) is 2.34. The molecule has 90 valence electrons. The molecule has 2 rings (SSSR count). The Morgan fingerprint density at radius 2 is 1.94 bits per heavy atom. The molecule has 17 heavy (non-hydrogen) atoms. The van der Waals surface area contributed by atoms with Gasteiger partial charge in [0.25, 0.3) is 0 Å². The van der Waals surface area contributed by atoms with Crippen molar-refractivity contribution in [1.29, 1.82) is 0 Å². The van der Waals surface area contributed by atoms with Crippen LogP contribution in [-0.4, -0.2) is 24.3 Å². The predicted molar refractivity (Wildman–Crippen MR) is 72.2 cm³/mol. The van der Waals surface area contributed by atoms with E-state index in [1.54, 1.807) is 6.20 Å². The van der Waals surface area contributed by atoms with Gasteiger partial charge < -0.3 is 10.6 Å². The Kier molecular flexibility index (Phi) is 2.79. The molecule has 0 amide bonds. The molecule has 0 spiro atoms. The summed E-state index contributed by atoms with van der Waals surface area (Å²) in [4.78, 5) is 2.11. The minimum atomic E-state index is 0.609. The van der Waals surface area contributed by atoms with Crippen LogP contribution in [0.3, 0.4) is 0 Å². The molecule has 0 aliphatic carbocycles. The summed E-state index contributed by atoms with van der Waals surface area (Å²) in [7, 11) is 4.09. The Hall–Kier alpha value is -1.97. The van der Waals surface area contributed by atoms with Crippen molar-refractivity contribution in [3.63, 3.8) is 0 Å². The summed E-state index contributed by atoms with van der Waals surface area (Å²) in [5.74, 6) is 0.609. The van der Waals surface area contributed by atoms with Crippen LogP contribution in [0, 0.1) is 13.8 Å². The number of aromatic amines is 1. The lowest BCUT2D eigenvalue weighted by Gasteiger charge is -2.18. The third-order valence-corrected chi connectivity index (χ3v) is 3.10. The second-order valence-corrected chi connectivity index (χ2v) is 4.53. The Labute approximate surface area is 101 Å². The van der Waals surface area contributed by atoms with Gasteiger partial charge in [0.05, 0.1) is 6.20 Å². The molecule has 0 saturated heterocycles. The zero-order valence-corrected chi connectivity index (χ0v) is 10.7. The molecular formula is C13H18N4. The molecule has 0 bridgehead atoms. The fourth-order valence-corrected chi connectivity index (χ4v) is 1.99. The Balaban J connectivity index is 2.61. The molecule has 0 unspecified atom stereocenters. The number of H-pyrrole nitrogens is 1. The van der Waals surface area contributed by atoms with Crippen LogP contribution in [0.4, 0.5) is 11.5 Å². The van der Waals surface area contributed by atoms with Gasteiger partial charge in [-0.1, -0.05) is 6.07 Å². The molecule has 1 aromatic carbocycles. The average Bonchev–Trinajstić information content (AvgIpc) is 2.68. The van der Waals surface area contributed by atoms with Crippen LogP contribution in [0.25, 0.3) is 11.1 Å². The summed E-state index contributed by atoms with van der Waals surface area (Å²) < 4.78 is 0. The molecule has 1 aromatic heterocycles. The van der Waals surface area contributed by atoms with Gasteiger partial charge in [0.1, 0.15) is 5.82 Å². The monoisotopic (exact) mass is 230 g/mol. The third kappa shape index (κ3) is 1.98. The fraction of sp³-hybridized carbons (Fsp3) is 0.308. The minimum Gasteiger partial charge on any atom is -0.384 e. The zero-order valence-electron chi connectivity index (χ0n) is 10.7. The fourth-order valence-electron chi connectivity index (χ4n) is 1.99. The van der Waals surface area contributed by atoms with Crippen molar-refractivity contribution in [2.24, 2.45) is 0 Å². The number of nitrogens with two attached hydrogens (primary N) is 1. The summed E-state index contributed by atoms with van der Waals surface area (Å²) in [6.07, 6.45) is 1.76. The lowest BCUT2D eigenvalue weighted by molar-refractivity contribution is 1.10. The van der Waals surface area contributed by atoms with Crippen molar-refractivity contribution in [3.8, 4) is 11.1 Å². The van der Waals surface area contributed by atoms with E-state index in [4.69, 9.17) is 5.73 Å². The Bertz CT molecular complexity index is 540. The number of nitrogen functional groups attached to an aromatic ring is 1. The van der Waals surface area contributed by atoms with Crippen molar-refractivity contribution in [3.05, 3.63) is 29.5 Å². The quantitative estimate of drug-likeness (QED) is 0.832. The molecule has 0 aliphatic heterocycles. The maximum Gasteiger partial charge on any atom is 0.126 e. The molecule has 0 radical (unpaired) electrons. The largest absolute Gasteiger partial charge is 0.384 e. The highest BCUT2D eigenvalue weighted by Crippen LogP contribution is 2.31. The van der Waals surface area contributed by atoms with Crippen molar-refractivity contribution in [1.82, 2.24) is 10.2 Å². The van der Waals surface area contributed by atoms with Gasteiger partial charge in [-0.25, -0.2) is 0 Å². The maximum absolute atomic E-state index is 5.86. The van der Waals surface area contributed by atoms with Crippen molar-refractivity contribution in [2.75, 3.05) is 24.7 Å². The van der Waals surface area contributed by atoms with Gasteiger partial charge in [-0.3, -0.25) is 5.10 Å². The molecule has 2 aromatic rings. The average molecular weight is 230 g/mol. The number of nitrogens with one attached hydrogen (secondary N) is 1. The van der Waals surface area contributed by atoms with Gasteiger partial charge in [-0.15, -0.1) is 0 Å². The van der Waals surface area contributed by atoms with E-state index in [2.05, 4.69) is 41.1 Å². The Morgan fingerprint density at radius 3 is 2.47 bits per heavy atom. The lowest BCUT2D eigenvalue weighted by Crippen LogP contribution is -2.11. The summed E-state index contributed by atoms with van der Waals surface area (Å²) in [6.45, 7) is 4.25. The van der Waals surface area contributed by atoms with Gasteiger partial charge in [0.2, 0.25) is 0 Å². The first-order valence-electron chi connectivity index (χ1n) is 5.58. The smallest absolute Gasteiger partial charge is 0.126 e. The third-order valence-electron chi connectivity index (χ3n) is 3.10. The van der Waals surface area contributed by atoms with Gasteiger partial charge in [0, 0.05) is 25.3 Å². The lowest BCUT2D eigenvalue weighted by atomic mass is 10.00. The molecule has 0 saturated carbocycles. The van der Waals surface area contributed by atoms with Gasteiger partial charge >= 0.3 is 0 Å². The van der Waals surface area contributed by atoms with E-state index in [0.717, 1.165) is 11.1 Å². The summed E-state index contributed by atoms with van der Waals surface area (Å²) in [5.41, 5.74) is 11.7. The standard InChI is InChI=1S/C13H18N4/c1-8-5-10(11-7-15-16-13(11)14)6-12(9(8)2)17(3)4/h5-7H,1-4H3,(H3,14,15,16). The van der Waals surface area contributed by atoms with E-state index >= 15 is 0 Å². The number of aryl methyl sites for hydroxylation is 1. The normalized spacial score (nSPS) is 10.6. The van der Waals surface area contributed by atoms with E-state index in [9.17, 15) is 0 Å². The van der Waals surface area contributed by atoms with E-state index in [0.29, 0.717) is 5.82 Å². The molecule has 0 fully saturated rings. The van der Waals surface area contributed by atoms with Crippen LogP contribution >= 0.6 is 0 Å². The highest BCUT2D eigenvalue weighted by atomic mass is 15.1. The second kappa shape index (κ2) is 4.13. The number of nitrogens with zero attached hydrogens (tertiary/aromatic N) is 2. The molecule has 3 N–H and O–H groups in total. The number of aromatic nitrogens is 2. The van der Waals surface area contributed by atoms with E-state index < -0.39 is 0 Å². The van der Waals surface area contributed by atoms with E-state index in [-0.39, 0.29) is 0 Å². The van der Waals surface area contributed by atoms with Crippen molar-refractivity contribution >= 4 is 11.5 Å². The first-order chi connectivity index (χ1) is 8.00. The first kappa shape index (κ1) is 11.5. The molecule has 0 atom stereocenters. The summed E-state index contributed by atoms with van der Waals surface area (Å²) >= 11 is 0. The van der Waals surface area contributed by atoms with Crippen LogP contribution in [-0.2, 0) is 0 Å². The van der Waals surface area contributed by atoms with Crippen molar-refractivity contribution in [2.45, 2.75) is 13.8 Å². The van der Waals surface area contributed by atoms with Crippen LogP contribution in [0.15, 0.2) is 18.3 Å². The van der Waals surface area contributed by atoms with Gasteiger partial charge in [-0.2, -0.15) is 5.10 Å². The van der Waals surface area contributed by atoms with Crippen LogP contribution in [0.5, 0.6) is 0 Å². The maximum atomic E-state index is 5.86. The van der Waals surface area contributed by atoms with Crippen LogP contribution in [0.2, 0.25) is 0 Å². The Morgan fingerprint density at radius 1 is 1.24 bits per heavy atom. The topological polar surface area (TPSA) is 57.9 Å². The number of rotatable bonds is 2. The first-order valence-corrected chi connectivity index (χ1v) is 5.58. The second-order valence-electron chi connectivity index (χ2n) is 4.53. The number of hydrogen-bond donors (Lipinski definition) is 2. The summed E-state index contributed by atoms with van der Waals surface area (Å²) in [5, 5.41) is 6.73. The molecule has 1 heterocycles. The molecule has 4 heteroatoms. The number of benzene rings is 1. The van der Waals surface area contributed by atoms with Gasteiger partial charge in [0.15, 0.2) is 0 Å². The highest BCUT2D eigenvalue weighted by molar-refractivity contribution is 5.77. The molecular weight excluding hydrogens is 212 g/mol.